The topological polar surface area (TPSA) is 147 Å². The number of aryl methyl sites for hydroxylation is 2. The Balaban J connectivity index is 0.984. The minimum absolute atomic E-state index is 0.0278. The van der Waals surface area contributed by atoms with Gasteiger partial charge in [-0.3, -0.25) is 14.4 Å². The Morgan fingerprint density at radius 3 is 2.32 bits per heavy atom. The van der Waals surface area contributed by atoms with Crippen molar-refractivity contribution in [3.05, 3.63) is 65.7 Å². The summed E-state index contributed by atoms with van der Waals surface area (Å²) in [5.74, 6) is -0.554. The van der Waals surface area contributed by atoms with Crippen molar-refractivity contribution in [1.82, 2.24) is 19.4 Å². The third kappa shape index (κ3) is 7.22. The van der Waals surface area contributed by atoms with Crippen molar-refractivity contribution in [3.63, 3.8) is 0 Å². The van der Waals surface area contributed by atoms with Crippen LogP contribution in [-0.2, 0) is 33.3 Å². The van der Waals surface area contributed by atoms with E-state index in [1.807, 2.05) is 21.0 Å². The van der Waals surface area contributed by atoms with Crippen molar-refractivity contribution < 1.29 is 38.4 Å². The normalized spacial score (nSPS) is 30.3. The average Bonchev–Trinajstić information content (AvgIpc) is 3.58. The van der Waals surface area contributed by atoms with E-state index in [1.54, 1.807) is 72.0 Å². The molecule has 3 N–H and O–H groups in total. The van der Waals surface area contributed by atoms with Gasteiger partial charge in [-0.1, -0.05) is 19.9 Å². The van der Waals surface area contributed by atoms with Gasteiger partial charge in [0.05, 0.1) is 11.4 Å². The van der Waals surface area contributed by atoms with Gasteiger partial charge in [-0.05, 0) is 95.4 Å². The summed E-state index contributed by atoms with van der Waals surface area (Å²) in [6, 6.07) is 10.2. The smallest absolute Gasteiger partial charge is 0.272 e. The number of aromatic nitrogens is 2. The lowest BCUT2D eigenvalue weighted by Gasteiger charge is -2.60. The van der Waals surface area contributed by atoms with Crippen molar-refractivity contribution >= 4 is 29.1 Å². The van der Waals surface area contributed by atoms with E-state index in [9.17, 15) is 14.4 Å². The van der Waals surface area contributed by atoms with Gasteiger partial charge in [-0.15, -0.1) is 0 Å². The number of amides is 3. The second-order valence-corrected chi connectivity index (χ2v) is 15.7. The number of fused-ring (bicyclic) bond motifs is 2. The highest BCUT2D eigenvalue weighted by Gasteiger charge is 2.69. The summed E-state index contributed by atoms with van der Waals surface area (Å²) >= 11 is 0. The molecule has 286 valence electrons. The van der Waals surface area contributed by atoms with Crippen LogP contribution >= 0.6 is 0 Å². The molecular formula is C39H52N6O8. The molecule has 14 heteroatoms. The SMILES string of the molecule is C[C@H]1[C@@H](Oc2cccc(C(=O)Nc3cc(C(=O)Nc4cc(C(=O)NCCCN(C)C)n(C)c4)n(C)c3)c2)O[C@@H]2O[C@]3(C)CC[C@H]4[C@H](C)CC[C@@H]1[C@@]24OO3. The summed E-state index contributed by atoms with van der Waals surface area (Å²) in [5.41, 5.74) is 1.39. The van der Waals surface area contributed by atoms with Gasteiger partial charge in [0.15, 0.2) is 11.9 Å². The minimum Gasteiger partial charge on any atom is -0.465 e. The molecule has 8 rings (SSSR count). The lowest BCUT2D eigenvalue weighted by molar-refractivity contribution is -0.575. The number of ether oxygens (including phenoxy) is 3. The zero-order valence-corrected chi connectivity index (χ0v) is 31.6. The van der Waals surface area contributed by atoms with E-state index in [0.29, 0.717) is 46.5 Å². The molecule has 2 aromatic heterocycles. The first-order valence-corrected chi connectivity index (χ1v) is 18.6. The lowest BCUT2D eigenvalue weighted by Crippen LogP contribution is -2.70. The highest BCUT2D eigenvalue weighted by atomic mass is 17.3. The average molecular weight is 733 g/mol. The number of nitrogens with zero attached hydrogens (tertiary/aromatic N) is 3. The van der Waals surface area contributed by atoms with E-state index >= 15 is 0 Å². The molecule has 8 atom stereocenters. The van der Waals surface area contributed by atoms with E-state index in [2.05, 4.69) is 34.7 Å². The molecule has 1 aliphatic carbocycles. The summed E-state index contributed by atoms with van der Waals surface area (Å²) in [6.07, 6.45) is 6.64. The van der Waals surface area contributed by atoms with Gasteiger partial charge in [0.1, 0.15) is 17.1 Å². The first-order valence-electron chi connectivity index (χ1n) is 18.6. The van der Waals surface area contributed by atoms with E-state index < -0.39 is 24.0 Å². The van der Waals surface area contributed by atoms with Crippen LogP contribution in [0.3, 0.4) is 0 Å². The van der Waals surface area contributed by atoms with Crippen molar-refractivity contribution in [1.29, 1.82) is 0 Å². The molecular weight excluding hydrogens is 680 g/mol. The molecule has 3 amide bonds. The van der Waals surface area contributed by atoms with Crippen molar-refractivity contribution in [3.8, 4) is 5.75 Å². The van der Waals surface area contributed by atoms with Gasteiger partial charge in [0, 0.05) is 56.9 Å². The molecule has 3 aromatic rings. The van der Waals surface area contributed by atoms with Crippen LogP contribution in [0.15, 0.2) is 48.8 Å². The van der Waals surface area contributed by atoms with Crippen molar-refractivity contribution in [2.75, 3.05) is 37.8 Å². The molecule has 5 aliphatic rings. The molecule has 2 bridgehead atoms. The molecule has 0 radical (unpaired) electrons. The van der Waals surface area contributed by atoms with Gasteiger partial charge in [-0.25, -0.2) is 9.78 Å². The van der Waals surface area contributed by atoms with Gasteiger partial charge in [-0.2, -0.15) is 0 Å². The second-order valence-electron chi connectivity index (χ2n) is 15.7. The van der Waals surface area contributed by atoms with E-state index in [0.717, 1.165) is 38.6 Å². The maximum atomic E-state index is 13.5. The fourth-order valence-electron chi connectivity index (χ4n) is 8.65. The van der Waals surface area contributed by atoms with Crippen LogP contribution in [0.25, 0.3) is 0 Å². The third-order valence-corrected chi connectivity index (χ3v) is 11.5. The van der Waals surface area contributed by atoms with Crippen LogP contribution in [0.5, 0.6) is 5.75 Å². The number of carbonyl (C=O) groups is 3. The summed E-state index contributed by atoms with van der Waals surface area (Å²) < 4.78 is 22.8. The third-order valence-electron chi connectivity index (χ3n) is 11.5. The molecule has 6 heterocycles. The maximum absolute atomic E-state index is 13.5. The van der Waals surface area contributed by atoms with Crippen LogP contribution in [0.4, 0.5) is 11.4 Å². The Morgan fingerprint density at radius 1 is 0.906 bits per heavy atom. The monoisotopic (exact) mass is 732 g/mol. The Bertz CT molecular complexity index is 1860. The molecule has 14 nitrogen and oxygen atoms in total. The number of rotatable bonds is 11. The van der Waals surface area contributed by atoms with Crippen LogP contribution in [0.2, 0.25) is 0 Å². The number of carbonyl (C=O) groups excluding carboxylic acids is 3. The number of anilines is 2. The Morgan fingerprint density at radius 2 is 1.60 bits per heavy atom. The summed E-state index contributed by atoms with van der Waals surface area (Å²) in [5, 5.41) is 8.68. The first kappa shape index (κ1) is 37.1. The Labute approximate surface area is 310 Å². The lowest BCUT2D eigenvalue weighted by atomic mass is 9.58. The predicted octanol–water partition coefficient (Wildman–Crippen LogP) is 5.14. The van der Waals surface area contributed by atoms with Crippen LogP contribution in [0, 0.1) is 23.7 Å². The second kappa shape index (κ2) is 14.6. The summed E-state index contributed by atoms with van der Waals surface area (Å²) in [6.45, 7) is 7.72. The van der Waals surface area contributed by atoms with Crippen LogP contribution in [0.1, 0.15) is 84.2 Å². The molecule has 1 saturated carbocycles. The standard InChI is InChI=1S/C39H52N6O8/c1-23-12-13-30-24(2)36(50-37-39(30)29(23)14-15-38(3,51-37)52-53-39)49-28-11-8-10-25(18-28)33(46)41-26-20-32(45(7)21-26)35(48)42-27-19-31(44(6)22-27)34(47)40-16-9-17-43(4)5/h8,10-11,18-24,29-30,36-37H,9,12-17H2,1-7H3,(H,40,47)(H,41,46)(H,42,48)/t23-,24-,29+,30+,36+,37-,38+,39-/m1/s1. The summed E-state index contributed by atoms with van der Waals surface area (Å²) in [4.78, 5) is 53.7. The van der Waals surface area contributed by atoms with Crippen molar-refractivity contribution in [2.45, 2.75) is 76.8 Å². The molecule has 1 spiro atoms. The quantitative estimate of drug-likeness (QED) is 0.180. The highest BCUT2D eigenvalue weighted by molar-refractivity contribution is 6.07. The molecule has 4 saturated heterocycles. The zero-order chi connectivity index (χ0) is 37.7. The molecule has 4 aliphatic heterocycles. The fourth-order valence-corrected chi connectivity index (χ4v) is 8.65. The largest absolute Gasteiger partial charge is 0.465 e. The fraction of sp³-hybridized carbons (Fsp3) is 0.564. The first-order chi connectivity index (χ1) is 25.3. The van der Waals surface area contributed by atoms with E-state index in [4.69, 9.17) is 24.0 Å². The van der Waals surface area contributed by atoms with Crippen LogP contribution < -0.4 is 20.7 Å². The zero-order valence-electron chi connectivity index (χ0n) is 31.6. The van der Waals surface area contributed by atoms with Crippen LogP contribution in [-0.4, -0.2) is 82.9 Å². The van der Waals surface area contributed by atoms with Gasteiger partial charge < -0.3 is 44.2 Å². The number of nitrogens with one attached hydrogen (secondary N) is 3. The van der Waals surface area contributed by atoms with Crippen molar-refractivity contribution in [2.24, 2.45) is 37.8 Å². The number of hydrogen-bond acceptors (Lipinski definition) is 9. The van der Waals surface area contributed by atoms with Gasteiger partial charge >= 0.3 is 0 Å². The number of benzene rings is 1. The molecule has 0 unspecified atom stereocenters. The summed E-state index contributed by atoms with van der Waals surface area (Å²) in [7, 11) is 7.45. The van der Waals surface area contributed by atoms with E-state index in [1.165, 1.54) is 0 Å². The Hall–Kier alpha value is -4.21. The van der Waals surface area contributed by atoms with Gasteiger partial charge in [0.2, 0.25) is 12.1 Å². The van der Waals surface area contributed by atoms with E-state index in [-0.39, 0.29) is 35.5 Å². The maximum Gasteiger partial charge on any atom is 0.272 e. The molecule has 53 heavy (non-hydrogen) atoms. The molecule has 1 aromatic carbocycles. The Kier molecular flexibility index (Phi) is 10.2. The molecule has 5 fully saturated rings. The highest BCUT2D eigenvalue weighted by Crippen LogP contribution is 2.60. The predicted molar refractivity (Wildman–Crippen MR) is 196 cm³/mol. The number of hydrogen-bond donors (Lipinski definition) is 3. The van der Waals surface area contributed by atoms with Gasteiger partial charge in [0.25, 0.3) is 17.7 Å². The minimum atomic E-state index is -0.882.